The summed E-state index contributed by atoms with van der Waals surface area (Å²) in [6.45, 7) is 0. The summed E-state index contributed by atoms with van der Waals surface area (Å²) in [4.78, 5) is 15.3. The van der Waals surface area contributed by atoms with Crippen molar-refractivity contribution < 1.29 is 15.0 Å². The average molecular weight is 255 g/mol. The topological polar surface area (TPSA) is 69.9 Å². The zero-order chi connectivity index (χ0) is 13.7. The van der Waals surface area contributed by atoms with Gasteiger partial charge >= 0.3 is 5.97 Å². The van der Waals surface area contributed by atoms with Crippen LogP contribution in [0, 0.1) is 0 Å². The number of aliphatic imine (C=N–C) groups is 1. The van der Waals surface area contributed by atoms with Crippen molar-refractivity contribution in [3.8, 4) is 5.75 Å². The van der Waals surface area contributed by atoms with Crippen LogP contribution in [0.25, 0.3) is 0 Å². The Hall–Kier alpha value is -2.62. The first-order valence-electron chi connectivity index (χ1n) is 5.77. The van der Waals surface area contributed by atoms with Crippen LogP contribution < -0.4 is 0 Å². The van der Waals surface area contributed by atoms with Crippen LogP contribution in [0.4, 0.5) is 0 Å². The highest BCUT2D eigenvalue weighted by atomic mass is 16.4. The zero-order valence-electron chi connectivity index (χ0n) is 10.1. The van der Waals surface area contributed by atoms with E-state index in [0.717, 1.165) is 0 Å². The van der Waals surface area contributed by atoms with Crippen LogP contribution >= 0.6 is 0 Å². The van der Waals surface area contributed by atoms with Gasteiger partial charge < -0.3 is 10.2 Å². The maximum atomic E-state index is 11.2. The molecule has 2 N–H and O–H groups in total. The fourth-order valence-corrected chi connectivity index (χ4v) is 1.68. The van der Waals surface area contributed by atoms with Crippen molar-refractivity contribution in [3.05, 3.63) is 65.7 Å². The second-order valence-electron chi connectivity index (χ2n) is 3.99. The number of carbonyl (C=O) groups is 1. The van der Waals surface area contributed by atoms with Crippen LogP contribution in [0.3, 0.4) is 0 Å². The number of carboxylic acid groups (broad SMARTS) is 1. The minimum atomic E-state index is -1.03. The van der Waals surface area contributed by atoms with Crippen molar-refractivity contribution in [1.29, 1.82) is 0 Å². The highest BCUT2D eigenvalue weighted by Gasteiger charge is 2.17. The summed E-state index contributed by atoms with van der Waals surface area (Å²) >= 11 is 0. The van der Waals surface area contributed by atoms with E-state index in [1.165, 1.54) is 12.3 Å². The average Bonchev–Trinajstić information content (AvgIpc) is 2.42. The van der Waals surface area contributed by atoms with Gasteiger partial charge in [0.05, 0.1) is 0 Å². The zero-order valence-corrected chi connectivity index (χ0v) is 10.1. The molecule has 0 amide bonds. The predicted octanol–water partition coefficient (Wildman–Crippen LogP) is 2.64. The lowest BCUT2D eigenvalue weighted by molar-refractivity contribution is -0.138. The summed E-state index contributed by atoms with van der Waals surface area (Å²) in [6, 6.07) is 14.4. The Kier molecular flexibility index (Phi) is 3.93. The molecule has 2 aromatic rings. The fraction of sp³-hybridized carbons (Fsp3) is 0.0667. The Morgan fingerprint density at radius 2 is 1.68 bits per heavy atom. The molecule has 0 saturated carbocycles. The molecule has 0 aliphatic rings. The number of carboxylic acids is 1. The van der Waals surface area contributed by atoms with Gasteiger partial charge in [-0.1, -0.05) is 42.5 Å². The summed E-state index contributed by atoms with van der Waals surface area (Å²) < 4.78 is 0. The van der Waals surface area contributed by atoms with E-state index in [0.29, 0.717) is 11.1 Å². The molecular weight excluding hydrogens is 242 g/mol. The highest BCUT2D eigenvalue weighted by Crippen LogP contribution is 2.19. The molecular formula is C15H13NO3. The number of phenols is 1. The van der Waals surface area contributed by atoms with E-state index in [-0.39, 0.29) is 5.75 Å². The molecule has 0 bridgehead atoms. The van der Waals surface area contributed by atoms with Gasteiger partial charge in [0, 0.05) is 11.8 Å². The standard InChI is InChI=1S/C15H13NO3/c17-13-9-5-4-8-12(13)10-16-14(15(18)19)11-6-2-1-3-7-11/h1-10,14,17H,(H,18,19). The minimum absolute atomic E-state index is 0.0726. The molecule has 19 heavy (non-hydrogen) atoms. The maximum absolute atomic E-state index is 11.2. The molecule has 2 aromatic carbocycles. The first kappa shape index (κ1) is 12.8. The van der Waals surface area contributed by atoms with E-state index in [1.54, 1.807) is 42.5 Å². The molecule has 0 radical (unpaired) electrons. The smallest absolute Gasteiger partial charge is 0.333 e. The summed E-state index contributed by atoms with van der Waals surface area (Å²) in [5.74, 6) is -0.957. The summed E-state index contributed by atoms with van der Waals surface area (Å²) in [7, 11) is 0. The maximum Gasteiger partial charge on any atom is 0.333 e. The number of hydrogen-bond acceptors (Lipinski definition) is 3. The number of nitrogens with zero attached hydrogens (tertiary/aromatic N) is 1. The van der Waals surface area contributed by atoms with E-state index in [4.69, 9.17) is 0 Å². The fourth-order valence-electron chi connectivity index (χ4n) is 1.68. The van der Waals surface area contributed by atoms with Crippen molar-refractivity contribution in [2.24, 2.45) is 4.99 Å². The van der Waals surface area contributed by atoms with E-state index >= 15 is 0 Å². The SMILES string of the molecule is O=C(O)C(N=Cc1ccccc1O)c1ccccc1. The van der Waals surface area contributed by atoms with Gasteiger partial charge in [-0.25, -0.2) is 4.79 Å². The normalized spacial score (nSPS) is 12.4. The van der Waals surface area contributed by atoms with Crippen LogP contribution in [0.5, 0.6) is 5.75 Å². The highest BCUT2D eigenvalue weighted by molar-refractivity contribution is 5.86. The van der Waals surface area contributed by atoms with E-state index in [1.807, 2.05) is 6.07 Å². The molecule has 0 spiro atoms. The Bertz CT molecular complexity index is 593. The van der Waals surface area contributed by atoms with Crippen LogP contribution in [-0.2, 0) is 4.79 Å². The number of para-hydroxylation sites is 1. The van der Waals surface area contributed by atoms with Crippen LogP contribution in [0.1, 0.15) is 17.2 Å². The number of aliphatic carboxylic acids is 1. The molecule has 0 aliphatic heterocycles. The first-order chi connectivity index (χ1) is 9.18. The van der Waals surface area contributed by atoms with Gasteiger partial charge in [-0.15, -0.1) is 0 Å². The van der Waals surface area contributed by atoms with Gasteiger partial charge in [-0.05, 0) is 17.7 Å². The van der Waals surface area contributed by atoms with Gasteiger partial charge in [0.25, 0.3) is 0 Å². The molecule has 1 atom stereocenters. The third kappa shape index (κ3) is 3.19. The minimum Gasteiger partial charge on any atom is -0.507 e. The number of rotatable bonds is 4. The van der Waals surface area contributed by atoms with Gasteiger partial charge in [0.2, 0.25) is 0 Å². The largest absolute Gasteiger partial charge is 0.507 e. The van der Waals surface area contributed by atoms with Crippen molar-refractivity contribution in [1.82, 2.24) is 0 Å². The van der Waals surface area contributed by atoms with Crippen molar-refractivity contribution >= 4 is 12.2 Å². The molecule has 96 valence electrons. The lowest BCUT2D eigenvalue weighted by Gasteiger charge is -2.07. The van der Waals surface area contributed by atoms with Crippen LogP contribution in [-0.4, -0.2) is 22.4 Å². The molecule has 0 fully saturated rings. The number of benzene rings is 2. The quantitative estimate of drug-likeness (QED) is 0.825. The summed E-state index contributed by atoms with van der Waals surface area (Å²) in [5, 5.41) is 18.8. The van der Waals surface area contributed by atoms with E-state index < -0.39 is 12.0 Å². The molecule has 0 saturated heterocycles. The van der Waals surface area contributed by atoms with Gasteiger partial charge in [-0.3, -0.25) is 4.99 Å². The molecule has 0 aromatic heterocycles. The Morgan fingerprint density at radius 3 is 2.32 bits per heavy atom. The second-order valence-corrected chi connectivity index (χ2v) is 3.99. The third-order valence-corrected chi connectivity index (χ3v) is 2.65. The number of phenolic OH excluding ortho intramolecular Hbond substituents is 1. The van der Waals surface area contributed by atoms with Crippen molar-refractivity contribution in [3.63, 3.8) is 0 Å². The summed E-state index contributed by atoms with van der Waals surface area (Å²) in [6.07, 6.45) is 1.38. The molecule has 4 nitrogen and oxygen atoms in total. The van der Waals surface area contributed by atoms with Gasteiger partial charge in [-0.2, -0.15) is 0 Å². The molecule has 4 heteroatoms. The third-order valence-electron chi connectivity index (χ3n) is 2.65. The number of aromatic hydroxyl groups is 1. The Morgan fingerprint density at radius 1 is 1.05 bits per heavy atom. The van der Waals surface area contributed by atoms with Crippen LogP contribution in [0.2, 0.25) is 0 Å². The van der Waals surface area contributed by atoms with Crippen LogP contribution in [0.15, 0.2) is 59.6 Å². The van der Waals surface area contributed by atoms with Crippen molar-refractivity contribution in [2.45, 2.75) is 6.04 Å². The van der Waals surface area contributed by atoms with Crippen molar-refractivity contribution in [2.75, 3.05) is 0 Å². The van der Waals surface area contributed by atoms with Gasteiger partial charge in [0.1, 0.15) is 5.75 Å². The predicted molar refractivity (Wildman–Crippen MR) is 72.5 cm³/mol. The molecule has 0 heterocycles. The van der Waals surface area contributed by atoms with E-state index in [9.17, 15) is 15.0 Å². The second kappa shape index (κ2) is 5.82. The lowest BCUT2D eigenvalue weighted by atomic mass is 10.1. The molecule has 0 aliphatic carbocycles. The lowest BCUT2D eigenvalue weighted by Crippen LogP contribution is -2.09. The molecule has 2 rings (SSSR count). The summed E-state index contributed by atoms with van der Waals surface area (Å²) in [5.41, 5.74) is 1.09. The monoisotopic (exact) mass is 255 g/mol. The Balaban J connectivity index is 2.28. The van der Waals surface area contributed by atoms with Gasteiger partial charge in [0.15, 0.2) is 6.04 Å². The number of hydrogen-bond donors (Lipinski definition) is 2. The first-order valence-corrected chi connectivity index (χ1v) is 5.77. The van der Waals surface area contributed by atoms with E-state index in [2.05, 4.69) is 4.99 Å². The Labute approximate surface area is 110 Å². The molecule has 1 unspecified atom stereocenters.